The lowest BCUT2D eigenvalue weighted by Crippen LogP contribution is -2.42. The minimum Gasteiger partial charge on any atom is -0.496 e. The van der Waals surface area contributed by atoms with E-state index in [1.165, 1.54) is 4.90 Å². The number of likely N-dealkylation sites (tertiary alicyclic amines) is 1. The van der Waals surface area contributed by atoms with E-state index in [0.29, 0.717) is 52.5 Å². The zero-order valence-electron chi connectivity index (χ0n) is 19.1. The smallest absolute Gasteiger partial charge is 0.282 e. The number of nitrogens with zero attached hydrogens (tertiary/aromatic N) is 2. The molecule has 2 heterocycles. The zero-order valence-corrected chi connectivity index (χ0v) is 19.1. The van der Waals surface area contributed by atoms with Gasteiger partial charge in [0.25, 0.3) is 11.8 Å². The molecule has 2 amide bonds. The zero-order chi connectivity index (χ0) is 22.8. The van der Waals surface area contributed by atoms with Gasteiger partial charge in [0.1, 0.15) is 17.2 Å². The van der Waals surface area contributed by atoms with Crippen LogP contribution in [-0.2, 0) is 9.59 Å². The number of rotatable bonds is 6. The molecule has 2 aliphatic rings. The average molecular weight is 435 g/mol. The Labute approximate surface area is 189 Å². The molecule has 2 aromatic rings. The molecule has 1 fully saturated rings. The molecule has 0 bridgehead atoms. The number of methoxy groups -OCH3 is 1. The Balaban J connectivity index is 1.81. The molecule has 2 aromatic carbocycles. The van der Waals surface area contributed by atoms with Crippen molar-refractivity contribution >= 4 is 23.1 Å². The maximum absolute atomic E-state index is 13.8. The van der Waals surface area contributed by atoms with Gasteiger partial charge in [-0.3, -0.25) is 9.59 Å². The predicted octanol–water partition coefficient (Wildman–Crippen LogP) is 4.36. The molecule has 0 aliphatic carbocycles. The van der Waals surface area contributed by atoms with Crippen molar-refractivity contribution in [3.63, 3.8) is 0 Å². The second kappa shape index (κ2) is 9.07. The monoisotopic (exact) mass is 434 g/mol. The van der Waals surface area contributed by atoms with Crippen molar-refractivity contribution < 1.29 is 19.1 Å². The Morgan fingerprint density at radius 3 is 2.22 bits per heavy atom. The molecule has 1 saturated heterocycles. The number of carbonyl (C=O) groups excluding carboxylic acids is 2. The van der Waals surface area contributed by atoms with Crippen molar-refractivity contribution in [3.8, 4) is 11.5 Å². The lowest BCUT2D eigenvalue weighted by atomic mass is 9.91. The number of hydrogen-bond donors (Lipinski definition) is 0. The molecule has 0 spiro atoms. The van der Waals surface area contributed by atoms with E-state index in [4.69, 9.17) is 9.47 Å². The van der Waals surface area contributed by atoms with E-state index in [9.17, 15) is 9.59 Å². The summed E-state index contributed by atoms with van der Waals surface area (Å²) in [6.45, 7) is 8.34. The summed E-state index contributed by atoms with van der Waals surface area (Å²) in [5, 5.41) is 0. The first kappa shape index (κ1) is 21.9. The molecule has 168 valence electrons. The quantitative estimate of drug-likeness (QED) is 0.633. The first-order valence-corrected chi connectivity index (χ1v) is 11.2. The van der Waals surface area contributed by atoms with Crippen LogP contribution < -0.4 is 14.4 Å². The number of anilines is 1. The van der Waals surface area contributed by atoms with Crippen LogP contribution in [0.4, 0.5) is 5.69 Å². The Morgan fingerprint density at radius 2 is 1.59 bits per heavy atom. The van der Waals surface area contributed by atoms with Gasteiger partial charge in [-0.1, -0.05) is 32.0 Å². The Hall–Kier alpha value is -3.28. The molecule has 6 heteroatoms. The lowest BCUT2D eigenvalue weighted by Gasteiger charge is -2.37. The van der Waals surface area contributed by atoms with E-state index >= 15 is 0 Å². The molecule has 2 atom stereocenters. The summed E-state index contributed by atoms with van der Waals surface area (Å²) in [6.07, 6.45) is 1.11. The van der Waals surface area contributed by atoms with Crippen molar-refractivity contribution in [2.75, 3.05) is 31.7 Å². The highest BCUT2D eigenvalue weighted by Crippen LogP contribution is 2.40. The van der Waals surface area contributed by atoms with Crippen molar-refractivity contribution in [1.82, 2.24) is 4.90 Å². The highest BCUT2D eigenvalue weighted by atomic mass is 16.5. The first-order valence-electron chi connectivity index (χ1n) is 11.2. The molecule has 4 rings (SSSR count). The standard InChI is InChI=1S/C26H30N2O4/c1-5-32-20-12-10-19(11-13-20)28-25(29)23(21-8-6-7-9-22(21)31-4)24(26(28)30)27-15-17(2)14-18(3)16-27/h6-13,17-18H,5,14-16H2,1-4H3. The third-order valence-corrected chi connectivity index (χ3v) is 6.03. The van der Waals surface area contributed by atoms with Gasteiger partial charge in [-0.15, -0.1) is 0 Å². The van der Waals surface area contributed by atoms with Crippen molar-refractivity contribution in [2.24, 2.45) is 11.8 Å². The third-order valence-electron chi connectivity index (χ3n) is 6.03. The number of imide groups is 1. The van der Waals surface area contributed by atoms with Gasteiger partial charge in [-0.2, -0.15) is 0 Å². The Bertz CT molecular complexity index is 1030. The number of amides is 2. The maximum atomic E-state index is 13.8. The van der Waals surface area contributed by atoms with Crippen LogP contribution in [0.15, 0.2) is 54.2 Å². The van der Waals surface area contributed by atoms with Crippen molar-refractivity contribution in [2.45, 2.75) is 27.2 Å². The maximum Gasteiger partial charge on any atom is 0.282 e. The fourth-order valence-electron chi connectivity index (χ4n) is 4.84. The molecule has 0 radical (unpaired) electrons. The lowest BCUT2D eigenvalue weighted by molar-refractivity contribution is -0.120. The molecule has 2 aliphatic heterocycles. The van der Waals surface area contributed by atoms with Gasteiger partial charge >= 0.3 is 0 Å². The fraction of sp³-hybridized carbons (Fsp3) is 0.385. The largest absolute Gasteiger partial charge is 0.496 e. The highest BCUT2D eigenvalue weighted by molar-refractivity contribution is 6.45. The minimum atomic E-state index is -0.329. The van der Waals surface area contributed by atoms with Gasteiger partial charge < -0.3 is 14.4 Å². The number of benzene rings is 2. The van der Waals surface area contributed by atoms with Crippen LogP contribution in [-0.4, -0.2) is 43.5 Å². The van der Waals surface area contributed by atoms with Crippen LogP contribution in [0, 0.1) is 11.8 Å². The number of ether oxygens (including phenoxy) is 2. The number of carbonyl (C=O) groups is 2. The van der Waals surface area contributed by atoms with Gasteiger partial charge in [-0.05, 0) is 55.5 Å². The summed E-state index contributed by atoms with van der Waals surface area (Å²) < 4.78 is 11.1. The Morgan fingerprint density at radius 1 is 0.938 bits per heavy atom. The molecule has 6 nitrogen and oxygen atoms in total. The average Bonchev–Trinajstić information content (AvgIpc) is 3.04. The van der Waals surface area contributed by atoms with Gasteiger partial charge in [0.15, 0.2) is 0 Å². The molecular formula is C26H30N2O4. The van der Waals surface area contributed by atoms with Gasteiger partial charge in [0, 0.05) is 18.7 Å². The van der Waals surface area contributed by atoms with Crippen LogP contribution in [0.25, 0.3) is 5.57 Å². The van der Waals surface area contributed by atoms with Crippen molar-refractivity contribution in [3.05, 3.63) is 59.8 Å². The molecule has 0 N–H and O–H groups in total. The third kappa shape index (κ3) is 3.97. The molecule has 32 heavy (non-hydrogen) atoms. The van der Waals surface area contributed by atoms with Gasteiger partial charge in [0.05, 0.1) is 25.0 Å². The predicted molar refractivity (Wildman–Crippen MR) is 125 cm³/mol. The second-order valence-electron chi connectivity index (χ2n) is 8.65. The number of para-hydroxylation sites is 1. The topological polar surface area (TPSA) is 59.1 Å². The highest BCUT2D eigenvalue weighted by Gasteiger charge is 2.44. The Kier molecular flexibility index (Phi) is 6.21. The number of hydrogen-bond acceptors (Lipinski definition) is 5. The molecule has 0 aromatic heterocycles. The van der Waals surface area contributed by atoms with E-state index < -0.39 is 0 Å². The van der Waals surface area contributed by atoms with E-state index in [1.54, 1.807) is 31.4 Å². The second-order valence-corrected chi connectivity index (χ2v) is 8.65. The summed E-state index contributed by atoms with van der Waals surface area (Å²) >= 11 is 0. The van der Waals surface area contributed by atoms with Crippen LogP contribution in [0.2, 0.25) is 0 Å². The molecular weight excluding hydrogens is 404 g/mol. The van der Waals surface area contributed by atoms with E-state index in [0.717, 1.165) is 19.5 Å². The van der Waals surface area contributed by atoms with Gasteiger partial charge in [-0.25, -0.2) is 4.90 Å². The van der Waals surface area contributed by atoms with E-state index in [2.05, 4.69) is 18.7 Å². The van der Waals surface area contributed by atoms with Gasteiger partial charge in [0.2, 0.25) is 0 Å². The molecule has 2 unspecified atom stereocenters. The summed E-state index contributed by atoms with van der Waals surface area (Å²) in [5.41, 5.74) is 2.04. The van der Waals surface area contributed by atoms with Crippen LogP contribution in [0.1, 0.15) is 32.8 Å². The van der Waals surface area contributed by atoms with Crippen molar-refractivity contribution in [1.29, 1.82) is 0 Å². The van der Waals surface area contributed by atoms with Crippen LogP contribution in [0.3, 0.4) is 0 Å². The summed E-state index contributed by atoms with van der Waals surface area (Å²) in [4.78, 5) is 30.9. The molecule has 0 saturated carbocycles. The summed E-state index contributed by atoms with van der Waals surface area (Å²) in [5.74, 6) is 1.53. The minimum absolute atomic E-state index is 0.290. The fourth-order valence-corrected chi connectivity index (χ4v) is 4.84. The van der Waals surface area contributed by atoms with E-state index in [-0.39, 0.29) is 11.8 Å². The summed E-state index contributed by atoms with van der Waals surface area (Å²) in [6, 6.07) is 14.5. The SMILES string of the molecule is CCOc1ccc(N2C(=O)C(c3ccccc3OC)=C(N3CC(C)CC(C)C3)C2=O)cc1. The van der Waals surface area contributed by atoms with E-state index in [1.807, 2.05) is 31.2 Å². The first-order chi connectivity index (χ1) is 15.4. The normalized spacial score (nSPS) is 21.4. The van der Waals surface area contributed by atoms with Crippen LogP contribution >= 0.6 is 0 Å². The number of piperidine rings is 1. The van der Waals surface area contributed by atoms with Crippen LogP contribution in [0.5, 0.6) is 11.5 Å². The summed E-state index contributed by atoms with van der Waals surface area (Å²) in [7, 11) is 1.58.